The van der Waals surface area contributed by atoms with Gasteiger partial charge in [0.1, 0.15) is 22.9 Å². The van der Waals surface area contributed by atoms with E-state index in [-0.39, 0.29) is 33.7 Å². The third kappa shape index (κ3) is 3.92. The van der Waals surface area contributed by atoms with Crippen molar-refractivity contribution in [2.75, 3.05) is 5.32 Å². The van der Waals surface area contributed by atoms with Crippen LogP contribution < -0.4 is 5.32 Å². The van der Waals surface area contributed by atoms with Crippen LogP contribution in [-0.2, 0) is 14.8 Å². The first-order chi connectivity index (χ1) is 13.2. The molecule has 0 radical (unpaired) electrons. The van der Waals surface area contributed by atoms with Gasteiger partial charge in [-0.25, -0.2) is 8.99 Å². The topological polar surface area (TPSA) is 155 Å². The Bertz CT molecular complexity index is 1220. The summed E-state index contributed by atoms with van der Waals surface area (Å²) in [7, 11) is -4.00. The van der Waals surface area contributed by atoms with Crippen molar-refractivity contribution in [2.45, 2.75) is 11.8 Å². The highest BCUT2D eigenvalue weighted by Gasteiger charge is 2.13. The van der Waals surface area contributed by atoms with Crippen molar-refractivity contribution in [3.05, 3.63) is 48.5 Å². The summed E-state index contributed by atoms with van der Waals surface area (Å²) >= 11 is 0. The fourth-order valence-corrected chi connectivity index (χ4v) is 3.13. The molecule has 3 aromatic carbocycles. The molecule has 0 saturated carbocycles. The standard InChI is InChI=1S/C18H16N4O5S/c1-10(23)20-13-4-2-3-11-5-7-16(25)18(17(11)13)22-21-14-9-12(28(19,26)27)6-8-15(14)24/h2-9,24-25H,1H3,(H,20,23)(H2,19,26,27). The number of azo groups is 1. The lowest BCUT2D eigenvalue weighted by Gasteiger charge is -2.10. The quantitative estimate of drug-likeness (QED) is 0.408. The second-order valence-corrected chi connectivity index (χ2v) is 7.42. The number of anilines is 1. The number of hydrogen-bond donors (Lipinski definition) is 5. The molecule has 0 spiro atoms. The van der Waals surface area contributed by atoms with Crippen LogP contribution in [0.5, 0.6) is 11.5 Å². The molecule has 3 aromatic rings. The Hall–Kier alpha value is -3.50. The Morgan fingerprint density at radius 1 is 1.07 bits per heavy atom. The van der Waals surface area contributed by atoms with E-state index in [1.807, 2.05) is 0 Å². The Morgan fingerprint density at radius 2 is 1.79 bits per heavy atom. The summed E-state index contributed by atoms with van der Waals surface area (Å²) in [6.45, 7) is 1.35. The van der Waals surface area contributed by atoms with Gasteiger partial charge in [-0.3, -0.25) is 9.35 Å². The van der Waals surface area contributed by atoms with Gasteiger partial charge >= 0.3 is 0 Å². The van der Waals surface area contributed by atoms with Gasteiger partial charge in [0.2, 0.25) is 5.91 Å². The predicted molar refractivity (Wildman–Crippen MR) is 104 cm³/mol. The summed E-state index contributed by atoms with van der Waals surface area (Å²) in [5, 5.41) is 31.8. The fraction of sp³-hybridized carbons (Fsp3) is 0.0556. The molecule has 0 saturated heterocycles. The summed E-state index contributed by atoms with van der Waals surface area (Å²) in [6.07, 6.45) is 0. The van der Waals surface area contributed by atoms with E-state index in [2.05, 4.69) is 15.5 Å². The van der Waals surface area contributed by atoms with Crippen molar-refractivity contribution in [3.63, 3.8) is 0 Å². The van der Waals surface area contributed by atoms with E-state index in [9.17, 15) is 23.8 Å². The zero-order valence-electron chi connectivity index (χ0n) is 14.6. The van der Waals surface area contributed by atoms with Gasteiger partial charge in [0, 0.05) is 12.3 Å². The summed E-state index contributed by atoms with van der Waals surface area (Å²) in [4.78, 5) is 11.2. The first-order valence-corrected chi connectivity index (χ1v) is 9.46. The highest BCUT2D eigenvalue weighted by molar-refractivity contribution is 7.86. The third-order valence-electron chi connectivity index (χ3n) is 3.83. The molecule has 5 N–H and O–H groups in total. The Labute approximate surface area is 160 Å². The minimum atomic E-state index is -4.00. The lowest BCUT2D eigenvalue weighted by molar-refractivity contribution is -0.114. The average molecular weight is 400 g/mol. The smallest absolute Gasteiger partial charge is 0.221 e. The Kier molecular flexibility index (Phi) is 4.99. The number of rotatable bonds is 4. The SMILES string of the molecule is CC(=O)Nc1cccc2ccc(O)c(N=Nc3cc(S(=N)(=O)O)ccc3O)c12. The van der Waals surface area contributed by atoms with Crippen molar-refractivity contribution < 1.29 is 23.8 Å². The largest absolute Gasteiger partial charge is 0.506 e. The normalized spacial score (nSPS) is 13.5. The molecule has 0 aliphatic carbocycles. The number of phenolic OH excluding ortho intramolecular Hbond substituents is 2. The van der Waals surface area contributed by atoms with Gasteiger partial charge < -0.3 is 15.5 Å². The van der Waals surface area contributed by atoms with Crippen LogP contribution in [0.1, 0.15) is 6.92 Å². The number of aromatic hydroxyl groups is 2. The molecule has 0 heterocycles. The molecule has 28 heavy (non-hydrogen) atoms. The van der Waals surface area contributed by atoms with E-state index in [0.717, 1.165) is 18.2 Å². The van der Waals surface area contributed by atoms with Crippen molar-refractivity contribution in [3.8, 4) is 11.5 Å². The second kappa shape index (κ2) is 7.25. The van der Waals surface area contributed by atoms with E-state index >= 15 is 0 Å². The molecule has 1 unspecified atom stereocenters. The molecule has 0 aliphatic heterocycles. The lowest BCUT2D eigenvalue weighted by atomic mass is 10.1. The highest BCUT2D eigenvalue weighted by Crippen LogP contribution is 2.41. The molecule has 144 valence electrons. The molecule has 9 nitrogen and oxygen atoms in total. The fourth-order valence-electron chi connectivity index (χ4n) is 2.60. The lowest BCUT2D eigenvalue weighted by Crippen LogP contribution is -2.06. The molecule has 0 bridgehead atoms. The molecule has 10 heteroatoms. The van der Waals surface area contributed by atoms with Crippen molar-refractivity contribution in [2.24, 2.45) is 10.2 Å². The van der Waals surface area contributed by atoms with Crippen LogP contribution in [0.4, 0.5) is 17.1 Å². The van der Waals surface area contributed by atoms with Crippen LogP contribution in [0.25, 0.3) is 10.8 Å². The van der Waals surface area contributed by atoms with Crippen LogP contribution in [0.2, 0.25) is 0 Å². The van der Waals surface area contributed by atoms with Crippen molar-refractivity contribution >= 4 is 43.8 Å². The van der Waals surface area contributed by atoms with Gasteiger partial charge in [-0.15, -0.1) is 10.2 Å². The maximum atomic E-state index is 11.5. The molecule has 0 fully saturated rings. The molecule has 0 aliphatic rings. The number of hydrogen-bond acceptors (Lipinski definition) is 7. The molecule has 0 aromatic heterocycles. The van der Waals surface area contributed by atoms with Crippen LogP contribution in [-0.4, -0.2) is 24.9 Å². The molecular weight excluding hydrogens is 384 g/mol. The van der Waals surface area contributed by atoms with Crippen molar-refractivity contribution in [1.82, 2.24) is 0 Å². The monoisotopic (exact) mass is 400 g/mol. The van der Waals surface area contributed by atoms with E-state index in [4.69, 9.17) is 4.78 Å². The number of carbonyl (C=O) groups is 1. The van der Waals surface area contributed by atoms with Crippen LogP contribution in [0.3, 0.4) is 0 Å². The summed E-state index contributed by atoms with van der Waals surface area (Å²) in [5.41, 5.74) is 0.305. The summed E-state index contributed by atoms with van der Waals surface area (Å²) < 4.78 is 28.1. The van der Waals surface area contributed by atoms with E-state index < -0.39 is 10.0 Å². The van der Waals surface area contributed by atoms with Gasteiger partial charge in [0.05, 0.1) is 10.6 Å². The van der Waals surface area contributed by atoms with Gasteiger partial charge in [-0.2, -0.15) is 0 Å². The first-order valence-electron chi connectivity index (χ1n) is 7.95. The maximum Gasteiger partial charge on any atom is 0.221 e. The predicted octanol–water partition coefficient (Wildman–Crippen LogP) is 4.50. The van der Waals surface area contributed by atoms with Gasteiger partial charge in [-0.1, -0.05) is 18.2 Å². The highest BCUT2D eigenvalue weighted by atomic mass is 32.2. The number of phenols is 2. The van der Waals surface area contributed by atoms with E-state index in [0.29, 0.717) is 16.5 Å². The number of nitrogens with zero attached hydrogens (tertiary/aromatic N) is 2. The summed E-state index contributed by atoms with van der Waals surface area (Å²) in [6, 6.07) is 11.5. The molecule has 1 amide bonds. The average Bonchev–Trinajstić information content (AvgIpc) is 2.61. The number of carbonyl (C=O) groups excluding carboxylic acids is 1. The number of amides is 1. The Morgan fingerprint density at radius 3 is 2.46 bits per heavy atom. The zero-order chi connectivity index (χ0) is 20.5. The van der Waals surface area contributed by atoms with E-state index in [1.54, 1.807) is 24.3 Å². The third-order valence-corrected chi connectivity index (χ3v) is 4.72. The van der Waals surface area contributed by atoms with Crippen LogP contribution >= 0.6 is 0 Å². The number of benzene rings is 3. The van der Waals surface area contributed by atoms with Crippen molar-refractivity contribution in [1.29, 1.82) is 4.78 Å². The number of fused-ring (bicyclic) bond motifs is 1. The molecule has 1 atom stereocenters. The molecule has 3 rings (SSSR count). The minimum absolute atomic E-state index is 0.0438. The second-order valence-electron chi connectivity index (χ2n) is 5.89. The number of nitrogens with one attached hydrogen (secondary N) is 2. The minimum Gasteiger partial charge on any atom is -0.506 e. The Balaban J connectivity index is 2.17. The van der Waals surface area contributed by atoms with Gasteiger partial charge in [0.25, 0.3) is 0 Å². The molecular formula is C18H16N4O5S. The first kappa shape index (κ1) is 19.3. The zero-order valence-corrected chi connectivity index (χ0v) is 15.4. The maximum absolute atomic E-state index is 11.5. The summed E-state index contributed by atoms with van der Waals surface area (Å²) in [5.74, 6) is -0.841. The van der Waals surface area contributed by atoms with Crippen LogP contribution in [0, 0.1) is 4.78 Å². The van der Waals surface area contributed by atoms with E-state index in [1.165, 1.54) is 13.0 Å². The van der Waals surface area contributed by atoms with Gasteiger partial charge in [-0.05, 0) is 35.7 Å². The van der Waals surface area contributed by atoms with Gasteiger partial charge in [0.15, 0.2) is 10.0 Å². The van der Waals surface area contributed by atoms with Crippen LogP contribution in [0.15, 0.2) is 63.7 Å².